The number of nitrogens with zero attached hydrogens (tertiary/aromatic N) is 4. The summed E-state index contributed by atoms with van der Waals surface area (Å²) in [7, 11) is 0. The third-order valence-corrected chi connectivity index (χ3v) is 9.80. The van der Waals surface area contributed by atoms with E-state index in [1.54, 1.807) is 18.2 Å². The number of hydrogen-bond donors (Lipinski definition) is 0. The summed E-state index contributed by atoms with van der Waals surface area (Å²) in [6.07, 6.45) is 0. The molecule has 5 nitrogen and oxygen atoms in total. The summed E-state index contributed by atoms with van der Waals surface area (Å²) in [5, 5.41) is -0.896. The van der Waals surface area contributed by atoms with Gasteiger partial charge in [0.2, 0.25) is 5.95 Å². The van der Waals surface area contributed by atoms with Gasteiger partial charge in [-0.1, -0.05) is 115 Å². The Balaban J connectivity index is 1.35. The van der Waals surface area contributed by atoms with Crippen LogP contribution < -0.4 is 0 Å². The smallest absolute Gasteiger partial charge is 0.238 e. The second kappa shape index (κ2) is 10.9. The van der Waals surface area contributed by atoms with Crippen molar-refractivity contribution in [3.05, 3.63) is 157 Å². The van der Waals surface area contributed by atoms with Gasteiger partial charge in [-0.05, 0) is 53.4 Å². The number of thiophene rings is 1. The Hall–Kier alpha value is -6.63. The van der Waals surface area contributed by atoms with Crippen LogP contribution in [0.3, 0.4) is 0 Å². The summed E-state index contributed by atoms with van der Waals surface area (Å²) >= 11 is 0.847. The summed E-state index contributed by atoms with van der Waals surface area (Å²) < 4.78 is 158. The van der Waals surface area contributed by atoms with Crippen molar-refractivity contribution in [2.24, 2.45) is 0 Å². The first kappa shape index (κ1) is 16.4. The van der Waals surface area contributed by atoms with E-state index in [1.165, 1.54) is 0 Å². The van der Waals surface area contributed by atoms with E-state index in [9.17, 15) is 6.85 Å². The van der Waals surface area contributed by atoms with E-state index >= 15 is 0 Å². The lowest BCUT2D eigenvalue weighted by molar-refractivity contribution is 0.673. The van der Waals surface area contributed by atoms with Gasteiger partial charge in [0.05, 0.1) is 39.7 Å². The maximum absolute atomic E-state index is 9.59. The number of benzene rings is 7. The van der Waals surface area contributed by atoms with Crippen LogP contribution in [0.5, 0.6) is 0 Å². The van der Waals surface area contributed by atoms with E-state index in [4.69, 9.17) is 35.8 Å². The van der Waals surface area contributed by atoms with E-state index in [0.717, 1.165) is 27.0 Å². The van der Waals surface area contributed by atoms with Crippen LogP contribution in [0.1, 0.15) is 23.3 Å². The van der Waals surface area contributed by atoms with E-state index in [1.807, 2.05) is 36.4 Å². The number of rotatable bonds is 4. The Morgan fingerprint density at radius 1 is 0.549 bits per heavy atom. The SMILES string of the molecule is [2H]c1c([2H])c([2H])c2c(oc3c2c([2H])c([2H])c2c3c3c([2H])c([2H])c([2H])c([2H])c3n2-c2nc(-c3cccc(-c4ccccc4)c3)nc(-c3c([2H])c([2H])c([2H])c4c3sc3c([2H])c([2H])c([2H])c([2H])c34)n2)c1[2H]. The minimum absolute atomic E-state index is 0.0439. The van der Waals surface area contributed by atoms with Gasteiger partial charge in [-0.2, -0.15) is 9.97 Å². The molecule has 0 aliphatic heterocycles. The van der Waals surface area contributed by atoms with Gasteiger partial charge in [-0.15, -0.1) is 11.3 Å². The van der Waals surface area contributed by atoms with Gasteiger partial charge in [-0.3, -0.25) is 4.57 Å². The highest BCUT2D eigenvalue weighted by molar-refractivity contribution is 7.26. The zero-order valence-corrected chi connectivity index (χ0v) is 26.6. The van der Waals surface area contributed by atoms with E-state index in [2.05, 4.69) is 0 Å². The van der Waals surface area contributed by atoms with Crippen molar-refractivity contribution >= 4 is 75.3 Å². The fraction of sp³-hybridized carbons (Fsp3) is 0. The average molecular weight is 688 g/mol. The Labute approximate surface area is 319 Å². The molecule has 0 fully saturated rings. The van der Waals surface area contributed by atoms with Crippen molar-refractivity contribution in [1.29, 1.82) is 0 Å². The Morgan fingerprint density at radius 3 is 2.22 bits per heavy atom. The largest absolute Gasteiger partial charge is 0.455 e. The Morgan fingerprint density at radius 2 is 1.29 bits per heavy atom. The van der Waals surface area contributed by atoms with E-state index in [0.29, 0.717) is 5.56 Å². The summed E-state index contributed by atoms with van der Waals surface area (Å²) in [6, 6.07) is 6.62. The van der Waals surface area contributed by atoms with Gasteiger partial charge in [0.1, 0.15) is 11.2 Å². The quantitative estimate of drug-likeness (QED) is 0.185. The molecule has 7 aromatic carbocycles. The second-order valence-corrected chi connectivity index (χ2v) is 12.6. The second-order valence-electron chi connectivity index (χ2n) is 11.5. The average Bonchev–Trinajstić information content (AvgIpc) is 4.05. The van der Waals surface area contributed by atoms with Gasteiger partial charge in [0.25, 0.3) is 0 Å². The lowest BCUT2D eigenvalue weighted by atomic mass is 10.0. The predicted octanol–water partition coefficient (Wildman–Crippen LogP) is 12.2. The maximum Gasteiger partial charge on any atom is 0.238 e. The standard InChI is InChI=1S/C45H26N4OS/c1-2-12-27(13-3-1)28-14-10-15-29(26-28)43-46-44(35-20-11-19-33-31-17-6-9-23-39(31)51-42(33)35)48-45(47-43)49-36-21-7-4-18-34(36)40-37(49)25-24-32-30-16-5-8-22-38(30)50-41(32)40/h1-26H/i4D,5D,6D,7D,8D,9D,11D,16D,17D,18D,19D,20D,21D,22D,23D,24D,25D. The van der Waals surface area contributed by atoms with Crippen LogP contribution in [0, 0.1) is 0 Å². The van der Waals surface area contributed by atoms with Crippen LogP contribution in [0.2, 0.25) is 0 Å². The zero-order chi connectivity index (χ0) is 48.3. The normalized spacial score (nSPS) is 16.6. The molecule has 0 amide bonds. The molecule has 0 aliphatic rings. The molecule has 0 radical (unpaired) electrons. The first-order valence-corrected chi connectivity index (χ1v) is 16.4. The van der Waals surface area contributed by atoms with Crippen LogP contribution in [-0.2, 0) is 0 Å². The minimum atomic E-state index is -0.695. The first-order chi connectivity index (χ1) is 32.3. The molecule has 0 unspecified atom stereocenters. The van der Waals surface area contributed by atoms with Gasteiger partial charge in [-0.25, -0.2) is 4.98 Å². The highest BCUT2D eigenvalue weighted by atomic mass is 32.1. The van der Waals surface area contributed by atoms with Crippen LogP contribution in [-0.4, -0.2) is 19.5 Å². The molecule has 11 rings (SSSR count). The molecule has 11 aromatic rings. The highest BCUT2D eigenvalue weighted by Crippen LogP contribution is 2.42. The molecule has 0 aliphatic carbocycles. The van der Waals surface area contributed by atoms with Crippen molar-refractivity contribution in [1.82, 2.24) is 19.5 Å². The third kappa shape index (κ3) is 4.30. The molecule has 0 N–H and O–H groups in total. The lowest BCUT2D eigenvalue weighted by Crippen LogP contribution is -2.06. The monoisotopic (exact) mass is 687 g/mol. The van der Waals surface area contributed by atoms with Crippen molar-refractivity contribution in [2.75, 3.05) is 0 Å². The van der Waals surface area contributed by atoms with Crippen LogP contribution in [0.4, 0.5) is 0 Å². The van der Waals surface area contributed by atoms with Crippen LogP contribution in [0.25, 0.3) is 104 Å². The number of para-hydroxylation sites is 2. The highest BCUT2D eigenvalue weighted by Gasteiger charge is 2.22. The van der Waals surface area contributed by atoms with Crippen molar-refractivity contribution in [3.63, 3.8) is 0 Å². The molecular weight excluding hydrogens is 645 g/mol. The van der Waals surface area contributed by atoms with Gasteiger partial charge in [0, 0.05) is 47.5 Å². The summed E-state index contributed by atoms with van der Waals surface area (Å²) in [5.74, 6) is -0.807. The topological polar surface area (TPSA) is 56.7 Å². The summed E-state index contributed by atoms with van der Waals surface area (Å²) in [5.41, 5.74) is 0.573. The Bertz CT molecular complexity index is 4130. The summed E-state index contributed by atoms with van der Waals surface area (Å²) in [4.78, 5) is 14.5. The molecular formula is C45H26N4OS. The predicted molar refractivity (Wildman–Crippen MR) is 211 cm³/mol. The van der Waals surface area contributed by atoms with Crippen molar-refractivity contribution in [3.8, 4) is 39.9 Å². The Kier molecular flexibility index (Phi) is 3.51. The van der Waals surface area contributed by atoms with Crippen molar-refractivity contribution in [2.45, 2.75) is 0 Å². The fourth-order valence-electron chi connectivity index (χ4n) is 6.43. The van der Waals surface area contributed by atoms with E-state index < -0.39 is 109 Å². The molecule has 0 atom stereocenters. The van der Waals surface area contributed by atoms with Gasteiger partial charge >= 0.3 is 0 Å². The zero-order valence-electron chi connectivity index (χ0n) is 42.8. The molecule has 0 spiro atoms. The van der Waals surface area contributed by atoms with Gasteiger partial charge in [0.15, 0.2) is 11.6 Å². The molecule has 51 heavy (non-hydrogen) atoms. The fourth-order valence-corrected chi connectivity index (χ4v) is 7.49. The van der Waals surface area contributed by atoms with Crippen molar-refractivity contribution < 1.29 is 27.7 Å². The molecule has 4 aromatic heterocycles. The molecule has 0 saturated carbocycles. The molecule has 238 valence electrons. The van der Waals surface area contributed by atoms with Gasteiger partial charge < -0.3 is 4.42 Å². The molecule has 4 heterocycles. The molecule has 0 bridgehead atoms. The molecule has 0 saturated heterocycles. The minimum Gasteiger partial charge on any atom is -0.455 e. The maximum atomic E-state index is 9.59. The van der Waals surface area contributed by atoms with Crippen LogP contribution >= 0.6 is 11.3 Å². The van der Waals surface area contributed by atoms with E-state index in [-0.39, 0.29) is 81.1 Å². The lowest BCUT2D eigenvalue weighted by Gasteiger charge is -2.12. The first-order valence-electron chi connectivity index (χ1n) is 24.1. The summed E-state index contributed by atoms with van der Waals surface area (Å²) in [6.45, 7) is 0. The third-order valence-electron chi connectivity index (χ3n) is 8.68. The van der Waals surface area contributed by atoms with Crippen LogP contribution in [0.15, 0.2) is 162 Å². The number of fused-ring (bicyclic) bond motifs is 10. The molecule has 6 heteroatoms. The number of furan rings is 1. The number of hydrogen-bond acceptors (Lipinski definition) is 5. The number of aromatic nitrogens is 4.